The van der Waals surface area contributed by atoms with Crippen LogP contribution in [-0.2, 0) is 0 Å². The second kappa shape index (κ2) is 5.24. The van der Waals surface area contributed by atoms with Crippen molar-refractivity contribution in [2.45, 2.75) is 0 Å². The summed E-state index contributed by atoms with van der Waals surface area (Å²) in [5.74, 6) is -1.56. The van der Waals surface area contributed by atoms with Gasteiger partial charge in [-0.05, 0) is 6.07 Å². The van der Waals surface area contributed by atoms with Crippen LogP contribution in [-0.4, -0.2) is 7.25 Å². The van der Waals surface area contributed by atoms with Crippen molar-refractivity contribution in [2.75, 3.05) is 0 Å². The monoisotopic (exact) mass is 228 g/mol. The second-order valence-electron chi connectivity index (χ2n) is 2.19. The largest absolute Gasteiger partial charge is 0.673 e. The highest BCUT2D eigenvalue weighted by atomic mass is 19.5. The third-order valence-electron chi connectivity index (χ3n) is 1.02. The highest BCUT2D eigenvalue weighted by Crippen LogP contribution is 2.17. The van der Waals surface area contributed by atoms with E-state index in [-0.39, 0.29) is 5.69 Å². The molecule has 1 rings (SSSR count). The molecule has 0 saturated carbocycles. The number of benzene rings is 1. The summed E-state index contributed by atoms with van der Waals surface area (Å²) in [6.45, 7) is 0. The van der Waals surface area contributed by atoms with Gasteiger partial charge >= 0.3 is 12.9 Å². The zero-order valence-corrected chi connectivity index (χ0v) is 6.97. The molecule has 1 aromatic rings. The van der Waals surface area contributed by atoms with Gasteiger partial charge in [0, 0.05) is 12.1 Å². The predicted molar refractivity (Wildman–Crippen MR) is 41.3 cm³/mol. The Labute approximate surface area is 80.2 Å². The molecule has 82 valence electrons. The van der Waals surface area contributed by atoms with Crippen LogP contribution >= 0.6 is 0 Å². The van der Waals surface area contributed by atoms with Gasteiger partial charge in [-0.3, -0.25) is 0 Å². The maximum atomic E-state index is 12.4. The van der Waals surface area contributed by atoms with Crippen LogP contribution in [0.2, 0.25) is 0 Å². The van der Waals surface area contributed by atoms with Gasteiger partial charge in [-0.1, -0.05) is 0 Å². The van der Waals surface area contributed by atoms with Gasteiger partial charge in [-0.2, -0.15) is 4.39 Å². The molecular weight excluding hydrogens is 225 g/mol. The van der Waals surface area contributed by atoms with Gasteiger partial charge in [0.25, 0.3) is 0 Å². The standard InChI is InChI=1S/C6H3F2N2.BF4/c7-4-1-2-6(10-9)5(8)3-4;2-1(3,4)5/h1-3H;/q+1;-1. The summed E-state index contributed by atoms with van der Waals surface area (Å²) in [6.07, 6.45) is 0. The number of hydrogen-bond donors (Lipinski definition) is 0. The van der Waals surface area contributed by atoms with Crippen LogP contribution < -0.4 is 0 Å². The van der Waals surface area contributed by atoms with Crippen molar-refractivity contribution in [3.8, 4) is 0 Å². The Morgan fingerprint density at radius 3 is 1.87 bits per heavy atom. The van der Waals surface area contributed by atoms with E-state index in [0.717, 1.165) is 12.1 Å². The Morgan fingerprint density at radius 2 is 1.53 bits per heavy atom. The molecule has 0 aliphatic heterocycles. The maximum absolute atomic E-state index is 12.4. The molecule has 0 fully saturated rings. The van der Waals surface area contributed by atoms with Crippen LogP contribution in [0.3, 0.4) is 0 Å². The topological polar surface area (TPSA) is 28.1 Å². The van der Waals surface area contributed by atoms with Crippen molar-refractivity contribution in [2.24, 2.45) is 0 Å². The van der Waals surface area contributed by atoms with Gasteiger partial charge in [-0.15, -0.1) is 0 Å². The molecule has 0 unspecified atom stereocenters. The summed E-state index contributed by atoms with van der Waals surface area (Å²) in [7, 11) is -6.00. The van der Waals surface area contributed by atoms with E-state index in [2.05, 4.69) is 4.98 Å². The lowest BCUT2D eigenvalue weighted by Crippen LogP contribution is -2.02. The molecule has 15 heavy (non-hydrogen) atoms. The molecule has 0 N–H and O–H groups in total. The summed E-state index contributed by atoms with van der Waals surface area (Å²) < 4.78 is 63.5. The summed E-state index contributed by atoms with van der Waals surface area (Å²) in [5, 5.41) is 8.07. The lowest BCUT2D eigenvalue weighted by Gasteiger charge is -1.94. The van der Waals surface area contributed by atoms with Crippen molar-refractivity contribution in [1.29, 1.82) is 5.39 Å². The molecule has 9 heteroatoms. The quantitative estimate of drug-likeness (QED) is 0.377. The molecule has 0 heterocycles. The molecule has 0 radical (unpaired) electrons. The third kappa shape index (κ3) is 7.36. The summed E-state index contributed by atoms with van der Waals surface area (Å²) in [4.78, 5) is 2.57. The van der Waals surface area contributed by atoms with Crippen molar-refractivity contribution < 1.29 is 26.0 Å². The minimum Gasteiger partial charge on any atom is -0.418 e. The number of nitrogens with zero attached hydrogens (tertiary/aromatic N) is 2. The third-order valence-corrected chi connectivity index (χ3v) is 1.02. The van der Waals surface area contributed by atoms with E-state index in [0.29, 0.717) is 6.07 Å². The first-order valence-corrected chi connectivity index (χ1v) is 3.41. The predicted octanol–water partition coefficient (Wildman–Crippen LogP) is 3.75. The van der Waals surface area contributed by atoms with Crippen LogP contribution in [0.25, 0.3) is 4.98 Å². The lowest BCUT2D eigenvalue weighted by atomic mass is 10.3. The fourth-order valence-corrected chi connectivity index (χ4v) is 0.562. The van der Waals surface area contributed by atoms with E-state index in [9.17, 15) is 26.0 Å². The van der Waals surface area contributed by atoms with E-state index in [1.165, 1.54) is 0 Å². The first kappa shape index (κ1) is 13.3. The van der Waals surface area contributed by atoms with Crippen LogP contribution in [0, 0.1) is 17.0 Å². The van der Waals surface area contributed by atoms with E-state index in [1.54, 1.807) is 0 Å². The summed E-state index contributed by atoms with van der Waals surface area (Å²) in [5.41, 5.74) is -0.263. The Bertz CT molecular complexity index is 365. The minimum atomic E-state index is -6.00. The molecule has 0 aliphatic carbocycles. The molecule has 2 nitrogen and oxygen atoms in total. The Hall–Kier alpha value is -1.72. The van der Waals surface area contributed by atoms with Crippen molar-refractivity contribution in [1.82, 2.24) is 0 Å². The lowest BCUT2D eigenvalue weighted by molar-refractivity contribution is 0.368. The average molecular weight is 228 g/mol. The maximum Gasteiger partial charge on any atom is 0.673 e. The molecule has 0 amide bonds. The van der Waals surface area contributed by atoms with Gasteiger partial charge in [0.1, 0.15) is 5.82 Å². The Balaban J connectivity index is 0.000000336. The van der Waals surface area contributed by atoms with E-state index >= 15 is 0 Å². The molecular formula is C6H3BF6N2. The summed E-state index contributed by atoms with van der Waals surface area (Å²) >= 11 is 0. The van der Waals surface area contributed by atoms with E-state index in [1.807, 2.05) is 0 Å². The van der Waals surface area contributed by atoms with Gasteiger partial charge < -0.3 is 17.3 Å². The molecule has 0 saturated heterocycles. The van der Waals surface area contributed by atoms with Crippen LogP contribution in [0.15, 0.2) is 18.2 Å². The van der Waals surface area contributed by atoms with Crippen molar-refractivity contribution in [3.05, 3.63) is 34.8 Å². The fourth-order valence-electron chi connectivity index (χ4n) is 0.562. The highest BCUT2D eigenvalue weighted by Gasteiger charge is 2.20. The molecule has 0 aliphatic rings. The van der Waals surface area contributed by atoms with Crippen molar-refractivity contribution >= 4 is 12.9 Å². The first-order valence-electron chi connectivity index (χ1n) is 3.41. The minimum absolute atomic E-state index is 0.263. The Morgan fingerprint density at radius 1 is 1.07 bits per heavy atom. The average Bonchev–Trinajstić information content (AvgIpc) is 2.01. The van der Waals surface area contributed by atoms with E-state index < -0.39 is 18.9 Å². The second-order valence-corrected chi connectivity index (χ2v) is 2.19. The zero-order valence-electron chi connectivity index (χ0n) is 6.97. The van der Waals surface area contributed by atoms with Crippen LogP contribution in [0.4, 0.5) is 31.7 Å². The van der Waals surface area contributed by atoms with Gasteiger partial charge in [-0.25, -0.2) is 4.39 Å². The number of hydrogen-bond acceptors (Lipinski definition) is 1. The summed E-state index contributed by atoms with van der Waals surface area (Å²) in [6, 6.07) is 2.71. The first-order chi connectivity index (χ1) is 6.74. The van der Waals surface area contributed by atoms with Crippen LogP contribution in [0.5, 0.6) is 0 Å². The molecule has 0 atom stereocenters. The zero-order chi connectivity index (χ0) is 12.1. The molecule has 0 spiro atoms. The molecule has 0 aromatic heterocycles. The normalized spacial score (nSPS) is 9.93. The van der Waals surface area contributed by atoms with Gasteiger partial charge in [0.15, 0.2) is 4.98 Å². The smallest absolute Gasteiger partial charge is 0.418 e. The SMILES string of the molecule is F[B-](F)(F)F.N#[N+]c1ccc(F)cc1F. The number of halogens is 6. The highest BCUT2D eigenvalue weighted by molar-refractivity contribution is 6.50. The number of diazo groups is 1. The van der Waals surface area contributed by atoms with Gasteiger partial charge in [0.2, 0.25) is 11.2 Å². The Kier molecular flexibility index (Phi) is 4.64. The molecule has 1 aromatic carbocycles. The number of rotatable bonds is 0. The van der Waals surface area contributed by atoms with Crippen molar-refractivity contribution in [3.63, 3.8) is 0 Å². The molecule has 0 bridgehead atoms. The fraction of sp³-hybridized carbons (Fsp3) is 0. The van der Waals surface area contributed by atoms with Gasteiger partial charge in [0.05, 0.1) is 0 Å². The van der Waals surface area contributed by atoms with Crippen LogP contribution in [0.1, 0.15) is 0 Å². The van der Waals surface area contributed by atoms with E-state index in [4.69, 9.17) is 5.39 Å².